The van der Waals surface area contributed by atoms with Gasteiger partial charge in [0.25, 0.3) is 0 Å². The molecular weight excluding hydrogens is 879 g/mol. The Hall–Kier alpha value is -5.95. The number of phenolic OH excluding ortho intramolecular Hbond substituents is 1. The number of aliphatic hydroxyl groups is 1. The average molecular weight is 952 g/mol. The SMILES string of the molecule is CC(NC(=O)C(CCCCN)NC(=O)C(CCCCN)NC(=O)C(NC(=O)C(N)CC(=O)O)C(C)O)C(=O)NC(C(=O)NC(CCCCN)C(=O)NC(Cc1ccc(O)cc1)C(=O)O)C(C)C. The van der Waals surface area contributed by atoms with Crippen LogP contribution in [0.5, 0.6) is 5.75 Å². The van der Waals surface area contributed by atoms with Crippen molar-refractivity contribution in [1.29, 1.82) is 0 Å². The van der Waals surface area contributed by atoms with Crippen molar-refractivity contribution in [2.75, 3.05) is 19.6 Å². The summed E-state index contributed by atoms with van der Waals surface area (Å²) in [5, 5.41) is 56.3. The predicted octanol–water partition coefficient (Wildman–Crippen LogP) is -3.34. The van der Waals surface area contributed by atoms with Crippen molar-refractivity contribution >= 4 is 53.3 Å². The van der Waals surface area contributed by atoms with E-state index in [2.05, 4.69) is 37.2 Å². The average Bonchev–Trinajstić information content (AvgIpc) is 3.25. The summed E-state index contributed by atoms with van der Waals surface area (Å²) < 4.78 is 0. The lowest BCUT2D eigenvalue weighted by Crippen LogP contribution is -2.61. The fourth-order valence-electron chi connectivity index (χ4n) is 6.56. The number of unbranched alkanes of at least 4 members (excludes halogenated alkanes) is 3. The number of carboxylic acid groups (broad SMARTS) is 2. The van der Waals surface area contributed by atoms with E-state index in [4.69, 9.17) is 28.0 Å². The van der Waals surface area contributed by atoms with Gasteiger partial charge < -0.3 is 80.6 Å². The molecule has 0 fully saturated rings. The zero-order chi connectivity index (χ0) is 50.8. The monoisotopic (exact) mass is 952 g/mol. The number of amides is 7. The molecule has 9 unspecified atom stereocenters. The fraction of sp³-hybridized carbons (Fsp3) is 0.651. The molecule has 0 saturated heterocycles. The van der Waals surface area contributed by atoms with E-state index in [1.54, 1.807) is 13.8 Å². The highest BCUT2D eigenvalue weighted by Gasteiger charge is 2.35. The van der Waals surface area contributed by atoms with Crippen molar-refractivity contribution in [1.82, 2.24) is 37.2 Å². The van der Waals surface area contributed by atoms with Crippen LogP contribution in [0.4, 0.5) is 0 Å². The molecule has 0 aromatic heterocycles. The molecule has 24 heteroatoms. The van der Waals surface area contributed by atoms with Crippen LogP contribution in [0.2, 0.25) is 0 Å². The maximum atomic E-state index is 13.8. The number of nitrogens with one attached hydrogen (secondary N) is 7. The van der Waals surface area contributed by atoms with E-state index < -0.39 is 120 Å². The summed E-state index contributed by atoms with van der Waals surface area (Å²) in [6.07, 6.45) is 0.211. The molecule has 378 valence electrons. The number of hydrogen-bond acceptors (Lipinski definition) is 15. The normalized spacial score (nSPS) is 15.2. The van der Waals surface area contributed by atoms with E-state index in [-0.39, 0.29) is 44.5 Å². The Labute approximate surface area is 390 Å². The number of rotatable bonds is 33. The van der Waals surface area contributed by atoms with Gasteiger partial charge in [-0.2, -0.15) is 0 Å². The van der Waals surface area contributed by atoms with Crippen LogP contribution in [-0.4, -0.2) is 148 Å². The summed E-state index contributed by atoms with van der Waals surface area (Å²) in [7, 11) is 0. The zero-order valence-corrected chi connectivity index (χ0v) is 38.8. The Morgan fingerprint density at radius 3 is 1.33 bits per heavy atom. The molecule has 0 radical (unpaired) electrons. The van der Waals surface area contributed by atoms with Crippen molar-refractivity contribution in [2.24, 2.45) is 28.9 Å². The van der Waals surface area contributed by atoms with Gasteiger partial charge in [0.15, 0.2) is 0 Å². The number of aliphatic carboxylic acids is 2. The highest BCUT2D eigenvalue weighted by Crippen LogP contribution is 2.13. The zero-order valence-electron chi connectivity index (χ0n) is 38.8. The third kappa shape index (κ3) is 22.4. The van der Waals surface area contributed by atoms with Crippen LogP contribution >= 0.6 is 0 Å². The van der Waals surface area contributed by atoms with Crippen molar-refractivity contribution < 1.29 is 63.6 Å². The van der Waals surface area contributed by atoms with Crippen molar-refractivity contribution in [3.63, 3.8) is 0 Å². The van der Waals surface area contributed by atoms with E-state index in [0.717, 1.165) is 0 Å². The Bertz CT molecular complexity index is 1780. The second kappa shape index (κ2) is 31.1. The Balaban J connectivity index is 3.23. The molecule has 0 aliphatic heterocycles. The summed E-state index contributed by atoms with van der Waals surface area (Å²) >= 11 is 0. The summed E-state index contributed by atoms with van der Waals surface area (Å²) in [5.74, 6) is -9.33. The van der Waals surface area contributed by atoms with Crippen molar-refractivity contribution in [3.05, 3.63) is 29.8 Å². The Morgan fingerprint density at radius 2 is 0.925 bits per heavy atom. The summed E-state index contributed by atoms with van der Waals surface area (Å²) in [5.41, 5.74) is 23.1. The highest BCUT2D eigenvalue weighted by atomic mass is 16.4. The minimum absolute atomic E-state index is 0.0118. The topological polar surface area (TPSA) is 423 Å². The van der Waals surface area contributed by atoms with Gasteiger partial charge in [0.05, 0.1) is 18.6 Å². The first-order chi connectivity index (χ1) is 31.6. The second-order valence-corrected chi connectivity index (χ2v) is 16.7. The second-order valence-electron chi connectivity index (χ2n) is 16.7. The maximum Gasteiger partial charge on any atom is 0.326 e. The molecule has 0 saturated carbocycles. The van der Waals surface area contributed by atoms with Crippen LogP contribution < -0.4 is 60.2 Å². The van der Waals surface area contributed by atoms with Gasteiger partial charge in [-0.25, -0.2) is 4.79 Å². The van der Waals surface area contributed by atoms with Crippen LogP contribution in [0.3, 0.4) is 0 Å². The summed E-state index contributed by atoms with van der Waals surface area (Å²) in [6.45, 7) is 6.59. The number of phenols is 1. The molecule has 1 aromatic rings. The van der Waals surface area contributed by atoms with Crippen LogP contribution in [0, 0.1) is 5.92 Å². The van der Waals surface area contributed by atoms with E-state index in [0.29, 0.717) is 50.6 Å². The minimum atomic E-state index is -1.65. The van der Waals surface area contributed by atoms with Crippen molar-refractivity contribution in [2.45, 2.75) is 153 Å². The molecule has 0 aliphatic rings. The first kappa shape index (κ1) is 59.1. The molecule has 0 heterocycles. The molecule has 1 rings (SSSR count). The number of carbonyl (C=O) groups is 9. The summed E-state index contributed by atoms with van der Waals surface area (Å²) in [4.78, 5) is 117. The van der Waals surface area contributed by atoms with Gasteiger partial charge in [-0.1, -0.05) is 26.0 Å². The first-order valence-electron chi connectivity index (χ1n) is 22.5. The van der Waals surface area contributed by atoms with Gasteiger partial charge in [0.2, 0.25) is 41.4 Å². The lowest BCUT2D eigenvalue weighted by atomic mass is 10.0. The number of hydrogen-bond donors (Lipinski definition) is 15. The van der Waals surface area contributed by atoms with Crippen LogP contribution in [0.25, 0.3) is 0 Å². The van der Waals surface area contributed by atoms with E-state index in [9.17, 15) is 58.5 Å². The van der Waals surface area contributed by atoms with Crippen molar-refractivity contribution in [3.8, 4) is 5.75 Å². The van der Waals surface area contributed by atoms with Gasteiger partial charge in [-0.15, -0.1) is 0 Å². The molecule has 1 aromatic carbocycles. The largest absolute Gasteiger partial charge is 0.508 e. The third-order valence-electron chi connectivity index (χ3n) is 10.5. The van der Waals surface area contributed by atoms with Crippen LogP contribution in [0.1, 0.15) is 97.5 Å². The molecule has 0 bridgehead atoms. The number of aromatic hydroxyl groups is 1. The van der Waals surface area contributed by atoms with Gasteiger partial charge in [-0.3, -0.25) is 38.4 Å². The molecule has 19 N–H and O–H groups in total. The van der Waals surface area contributed by atoms with Gasteiger partial charge in [0, 0.05) is 6.42 Å². The molecule has 67 heavy (non-hydrogen) atoms. The number of benzene rings is 1. The highest BCUT2D eigenvalue weighted by molar-refractivity contribution is 5.97. The molecule has 0 spiro atoms. The molecule has 24 nitrogen and oxygen atoms in total. The lowest BCUT2D eigenvalue weighted by Gasteiger charge is -2.28. The van der Waals surface area contributed by atoms with E-state index in [1.807, 2.05) is 0 Å². The third-order valence-corrected chi connectivity index (χ3v) is 10.5. The van der Waals surface area contributed by atoms with Gasteiger partial charge in [-0.05, 0) is 115 Å². The molecular formula is C43H73N11O13. The standard InChI is InChI=1S/C43H73N11O13/c1-23(2)34(41(64)50-31(13-7-10-20-46)40(63)52-32(43(66)67)21-26-14-16-27(56)17-15-26)53-36(59)24(3)48-38(61)29(11-5-8-18-44)49-39(62)30(12-6-9-19-45)51-42(65)35(25(4)55)54-37(60)28(47)22-33(57)58/h14-17,23-25,28-32,34-35,55-56H,5-13,18-22,44-47H2,1-4H3,(H,48,61)(H,49,62)(H,50,64)(H,51,65)(H,52,63)(H,53,59)(H,54,60)(H,57,58)(H,66,67). The minimum Gasteiger partial charge on any atom is -0.508 e. The van der Waals surface area contributed by atoms with E-state index in [1.165, 1.54) is 38.1 Å². The molecule has 7 amide bonds. The number of nitrogens with two attached hydrogens (primary N) is 4. The fourth-order valence-corrected chi connectivity index (χ4v) is 6.56. The number of carboxylic acids is 2. The number of aliphatic hydroxyl groups excluding tert-OH is 1. The van der Waals surface area contributed by atoms with Gasteiger partial charge >= 0.3 is 11.9 Å². The quantitative estimate of drug-likeness (QED) is 0.0306. The Morgan fingerprint density at radius 1 is 0.522 bits per heavy atom. The predicted molar refractivity (Wildman–Crippen MR) is 244 cm³/mol. The van der Waals surface area contributed by atoms with Crippen LogP contribution in [-0.2, 0) is 49.6 Å². The maximum absolute atomic E-state index is 13.8. The Kier molecular flexibility index (Phi) is 27.4. The first-order valence-corrected chi connectivity index (χ1v) is 22.5. The molecule has 9 atom stereocenters. The number of carbonyl (C=O) groups excluding carboxylic acids is 7. The van der Waals surface area contributed by atoms with E-state index >= 15 is 0 Å². The summed E-state index contributed by atoms with van der Waals surface area (Å²) in [6, 6.07) is -5.18. The lowest BCUT2D eigenvalue weighted by molar-refractivity contribution is -0.142. The molecule has 0 aliphatic carbocycles. The van der Waals surface area contributed by atoms with Crippen LogP contribution in [0.15, 0.2) is 24.3 Å². The smallest absolute Gasteiger partial charge is 0.326 e. The van der Waals surface area contributed by atoms with Gasteiger partial charge in [0.1, 0.15) is 48.0 Å².